The highest BCUT2D eigenvalue weighted by molar-refractivity contribution is 6.32. The van der Waals surface area contributed by atoms with E-state index in [0.29, 0.717) is 28.4 Å². The van der Waals surface area contributed by atoms with Crippen molar-refractivity contribution in [2.24, 2.45) is 5.92 Å². The summed E-state index contributed by atoms with van der Waals surface area (Å²) in [6.45, 7) is 4.22. The molecule has 2 rings (SSSR count). The zero-order chi connectivity index (χ0) is 11.5. The molecule has 5 nitrogen and oxygen atoms in total. The highest BCUT2D eigenvalue weighted by atomic mass is 35.5. The topological polar surface area (TPSA) is 73.1 Å². The van der Waals surface area contributed by atoms with Gasteiger partial charge in [-0.1, -0.05) is 11.6 Å². The Balaban J connectivity index is 2.02. The van der Waals surface area contributed by atoms with Crippen LogP contribution in [-0.2, 0) is 4.74 Å². The number of hydrogen-bond acceptors (Lipinski definition) is 5. The van der Waals surface area contributed by atoms with E-state index in [1.165, 1.54) is 0 Å². The Hall–Kier alpha value is -1.07. The first-order valence-electron chi connectivity index (χ1n) is 5.28. The average molecular weight is 243 g/mol. The molecule has 0 amide bonds. The first-order chi connectivity index (χ1) is 7.66. The minimum atomic E-state index is 0.303. The van der Waals surface area contributed by atoms with Crippen molar-refractivity contribution < 1.29 is 4.74 Å². The van der Waals surface area contributed by atoms with E-state index in [2.05, 4.69) is 15.3 Å². The SMILES string of the molecule is Cc1nc(Cl)c(N)c(NCC2CCOC2)n1. The fourth-order valence-corrected chi connectivity index (χ4v) is 1.88. The number of aryl methyl sites for hydroxylation is 1. The number of hydrogen-bond donors (Lipinski definition) is 2. The van der Waals surface area contributed by atoms with Crippen molar-refractivity contribution in [3.05, 3.63) is 11.0 Å². The Bertz CT molecular complexity index is 379. The third-order valence-corrected chi connectivity index (χ3v) is 2.88. The van der Waals surface area contributed by atoms with Crippen LogP contribution in [0.4, 0.5) is 11.5 Å². The fraction of sp³-hybridized carbons (Fsp3) is 0.600. The standard InChI is InChI=1S/C10H15ClN4O/c1-6-14-9(11)8(12)10(15-6)13-4-7-2-3-16-5-7/h7H,2-5,12H2,1H3,(H,13,14,15). The van der Waals surface area contributed by atoms with Gasteiger partial charge in [0.15, 0.2) is 11.0 Å². The Morgan fingerprint density at radius 2 is 2.38 bits per heavy atom. The lowest BCUT2D eigenvalue weighted by molar-refractivity contribution is 0.187. The van der Waals surface area contributed by atoms with Crippen LogP contribution in [0.25, 0.3) is 0 Å². The maximum absolute atomic E-state index is 5.87. The van der Waals surface area contributed by atoms with Crippen LogP contribution in [0.15, 0.2) is 0 Å². The number of nitrogens with zero attached hydrogens (tertiary/aromatic N) is 2. The van der Waals surface area contributed by atoms with Crippen LogP contribution in [-0.4, -0.2) is 29.7 Å². The number of anilines is 2. The second-order valence-corrected chi connectivity index (χ2v) is 4.29. The Labute approximate surface area is 99.4 Å². The van der Waals surface area contributed by atoms with Crippen LogP contribution in [0.3, 0.4) is 0 Å². The molecule has 0 radical (unpaired) electrons. The monoisotopic (exact) mass is 242 g/mol. The summed E-state index contributed by atoms with van der Waals surface area (Å²) in [6.07, 6.45) is 1.07. The second-order valence-electron chi connectivity index (χ2n) is 3.93. The molecule has 0 aliphatic carbocycles. The molecule has 1 aliphatic rings. The number of halogens is 1. The number of rotatable bonds is 3. The summed E-state index contributed by atoms with van der Waals surface area (Å²) < 4.78 is 5.29. The molecule has 1 fully saturated rings. The Morgan fingerprint density at radius 3 is 3.06 bits per heavy atom. The van der Waals surface area contributed by atoms with E-state index in [1.807, 2.05) is 0 Å². The first-order valence-corrected chi connectivity index (χ1v) is 5.66. The van der Waals surface area contributed by atoms with E-state index in [1.54, 1.807) is 6.92 Å². The zero-order valence-electron chi connectivity index (χ0n) is 9.16. The molecule has 0 aromatic carbocycles. The number of nitrogens with one attached hydrogen (secondary N) is 1. The highest BCUT2D eigenvalue weighted by Gasteiger charge is 2.16. The molecule has 1 atom stereocenters. The largest absolute Gasteiger partial charge is 0.393 e. The van der Waals surface area contributed by atoms with Crippen LogP contribution >= 0.6 is 11.6 Å². The average Bonchev–Trinajstić information content (AvgIpc) is 2.74. The molecule has 88 valence electrons. The van der Waals surface area contributed by atoms with Gasteiger partial charge in [0.2, 0.25) is 0 Å². The van der Waals surface area contributed by atoms with Crippen molar-refractivity contribution in [1.29, 1.82) is 0 Å². The third kappa shape index (κ3) is 2.54. The fourth-order valence-electron chi connectivity index (χ4n) is 1.67. The smallest absolute Gasteiger partial charge is 0.157 e. The number of nitrogen functional groups attached to an aromatic ring is 1. The van der Waals surface area contributed by atoms with Crippen molar-refractivity contribution in [1.82, 2.24) is 9.97 Å². The molecule has 1 aromatic rings. The number of nitrogens with two attached hydrogens (primary N) is 1. The van der Waals surface area contributed by atoms with Gasteiger partial charge in [-0.05, 0) is 13.3 Å². The minimum Gasteiger partial charge on any atom is -0.393 e. The number of aromatic nitrogens is 2. The number of ether oxygens (including phenoxy) is 1. The third-order valence-electron chi connectivity index (χ3n) is 2.59. The van der Waals surface area contributed by atoms with Gasteiger partial charge in [0.05, 0.1) is 6.61 Å². The van der Waals surface area contributed by atoms with E-state index < -0.39 is 0 Å². The normalized spacial score (nSPS) is 20.0. The quantitative estimate of drug-likeness (QED) is 0.786. The van der Waals surface area contributed by atoms with Gasteiger partial charge in [0, 0.05) is 19.1 Å². The molecule has 0 saturated carbocycles. The summed E-state index contributed by atoms with van der Waals surface area (Å²) in [5, 5.41) is 3.50. The van der Waals surface area contributed by atoms with E-state index in [9.17, 15) is 0 Å². The van der Waals surface area contributed by atoms with Gasteiger partial charge in [0.25, 0.3) is 0 Å². The lowest BCUT2D eigenvalue weighted by Gasteiger charge is -2.12. The van der Waals surface area contributed by atoms with Crippen molar-refractivity contribution in [2.75, 3.05) is 30.8 Å². The van der Waals surface area contributed by atoms with E-state index in [0.717, 1.165) is 26.2 Å². The molecule has 3 N–H and O–H groups in total. The van der Waals surface area contributed by atoms with Crippen LogP contribution in [0.2, 0.25) is 5.15 Å². The molecule has 2 heterocycles. The van der Waals surface area contributed by atoms with E-state index in [-0.39, 0.29) is 0 Å². The molecule has 1 unspecified atom stereocenters. The summed E-state index contributed by atoms with van der Waals surface area (Å²) in [5.74, 6) is 1.75. The second kappa shape index (κ2) is 4.84. The van der Waals surface area contributed by atoms with Crippen LogP contribution < -0.4 is 11.1 Å². The molecular formula is C10H15ClN4O. The molecule has 0 bridgehead atoms. The summed E-state index contributed by atoms with van der Waals surface area (Å²) in [4.78, 5) is 8.20. The van der Waals surface area contributed by atoms with Gasteiger partial charge in [-0.2, -0.15) is 0 Å². The van der Waals surface area contributed by atoms with Crippen molar-refractivity contribution >= 4 is 23.1 Å². The Kier molecular flexibility index (Phi) is 3.46. The molecule has 0 spiro atoms. The predicted molar refractivity (Wildman–Crippen MR) is 63.6 cm³/mol. The maximum Gasteiger partial charge on any atom is 0.157 e. The molecule has 1 saturated heterocycles. The summed E-state index contributed by atoms with van der Waals surface area (Å²) >= 11 is 5.87. The Morgan fingerprint density at radius 1 is 1.56 bits per heavy atom. The summed E-state index contributed by atoms with van der Waals surface area (Å²) in [5.41, 5.74) is 6.19. The molecule has 16 heavy (non-hydrogen) atoms. The van der Waals surface area contributed by atoms with Gasteiger partial charge in [0.1, 0.15) is 11.5 Å². The molecule has 1 aromatic heterocycles. The van der Waals surface area contributed by atoms with Gasteiger partial charge in [-0.15, -0.1) is 0 Å². The zero-order valence-corrected chi connectivity index (χ0v) is 9.92. The van der Waals surface area contributed by atoms with Gasteiger partial charge >= 0.3 is 0 Å². The summed E-state index contributed by atoms with van der Waals surface area (Å²) in [7, 11) is 0. The van der Waals surface area contributed by atoms with Gasteiger partial charge in [-0.25, -0.2) is 9.97 Å². The van der Waals surface area contributed by atoms with Crippen LogP contribution in [0, 0.1) is 12.8 Å². The lowest BCUT2D eigenvalue weighted by Crippen LogP contribution is -2.16. The maximum atomic E-state index is 5.87. The minimum absolute atomic E-state index is 0.303. The van der Waals surface area contributed by atoms with Gasteiger partial charge < -0.3 is 15.8 Å². The lowest BCUT2D eigenvalue weighted by atomic mass is 10.1. The van der Waals surface area contributed by atoms with Crippen LogP contribution in [0.1, 0.15) is 12.2 Å². The summed E-state index contributed by atoms with van der Waals surface area (Å²) in [6, 6.07) is 0. The van der Waals surface area contributed by atoms with E-state index in [4.69, 9.17) is 22.1 Å². The molecule has 6 heteroatoms. The highest BCUT2D eigenvalue weighted by Crippen LogP contribution is 2.24. The van der Waals surface area contributed by atoms with Crippen LogP contribution in [0.5, 0.6) is 0 Å². The van der Waals surface area contributed by atoms with Crippen molar-refractivity contribution in [3.8, 4) is 0 Å². The molecule has 1 aliphatic heterocycles. The van der Waals surface area contributed by atoms with Crippen molar-refractivity contribution in [3.63, 3.8) is 0 Å². The predicted octanol–water partition coefficient (Wildman–Crippen LogP) is 1.47. The van der Waals surface area contributed by atoms with E-state index >= 15 is 0 Å². The van der Waals surface area contributed by atoms with Gasteiger partial charge in [-0.3, -0.25) is 0 Å². The first kappa shape index (κ1) is 11.4. The molecular weight excluding hydrogens is 228 g/mol. The van der Waals surface area contributed by atoms with Crippen molar-refractivity contribution in [2.45, 2.75) is 13.3 Å².